The molecule has 0 aliphatic heterocycles. The number of aliphatic hydroxyl groups is 4. The third-order valence-corrected chi connectivity index (χ3v) is 11.8. The fourth-order valence-electron chi connectivity index (χ4n) is 8.67. The highest BCUT2D eigenvalue weighted by Gasteiger charge is 2.44. The molecule has 2 bridgehead atoms. The van der Waals surface area contributed by atoms with Gasteiger partial charge in [-0.25, -0.2) is 4.98 Å². The lowest BCUT2D eigenvalue weighted by Crippen LogP contribution is -2.51. The number of hydrogen-bond donors (Lipinski definition) is 6. The number of aryl methyl sites for hydroxylation is 1. The number of fused-ring (bicyclic) bond motifs is 3. The Morgan fingerprint density at radius 1 is 1.04 bits per heavy atom. The zero-order valence-corrected chi connectivity index (χ0v) is 28.5. The predicted molar refractivity (Wildman–Crippen MR) is 188 cm³/mol. The minimum Gasteiger partial charge on any atom is -0.668 e. The Morgan fingerprint density at radius 3 is 2.67 bits per heavy atom. The van der Waals surface area contributed by atoms with Gasteiger partial charge in [0.1, 0.15) is 18.0 Å². The first-order valence-electron chi connectivity index (χ1n) is 18.1. The summed E-state index contributed by atoms with van der Waals surface area (Å²) in [5.41, 5.74) is 8.80. The van der Waals surface area contributed by atoms with Crippen molar-refractivity contribution in [1.29, 1.82) is 0 Å². The summed E-state index contributed by atoms with van der Waals surface area (Å²) in [5.74, 6) is 6.90. The molecule has 3 aliphatic carbocycles. The summed E-state index contributed by atoms with van der Waals surface area (Å²) in [5, 5.41) is 55.9. The molecule has 1 aromatic carbocycles. The molecule has 49 heavy (non-hydrogen) atoms. The minimum absolute atomic E-state index is 0.0315. The van der Waals surface area contributed by atoms with E-state index >= 15 is 0 Å². The van der Waals surface area contributed by atoms with E-state index in [1.807, 2.05) is 24.3 Å². The highest BCUT2D eigenvalue weighted by Crippen LogP contribution is 2.44. The van der Waals surface area contributed by atoms with Crippen molar-refractivity contribution >= 4 is 5.82 Å². The van der Waals surface area contributed by atoms with Gasteiger partial charge in [-0.1, -0.05) is 37.5 Å². The van der Waals surface area contributed by atoms with Crippen LogP contribution in [-0.4, -0.2) is 61.0 Å². The summed E-state index contributed by atoms with van der Waals surface area (Å²) in [6, 6.07) is 12.7. The van der Waals surface area contributed by atoms with Crippen molar-refractivity contribution in [3.8, 4) is 23.3 Å². The van der Waals surface area contributed by atoms with Crippen LogP contribution in [0.15, 0.2) is 54.9 Å². The van der Waals surface area contributed by atoms with Crippen LogP contribution in [0.5, 0.6) is 11.5 Å². The fourth-order valence-corrected chi connectivity index (χ4v) is 8.67. The van der Waals surface area contributed by atoms with Crippen LogP contribution in [0.25, 0.3) is 0 Å². The predicted octanol–water partition coefficient (Wildman–Crippen LogP) is 4.89. The molecule has 9 nitrogen and oxygen atoms in total. The van der Waals surface area contributed by atoms with Gasteiger partial charge in [0, 0.05) is 29.9 Å². The lowest BCUT2D eigenvalue weighted by molar-refractivity contribution is -0.104. The molecule has 0 saturated heterocycles. The second-order valence-electron chi connectivity index (χ2n) is 14.7. The number of benzene rings is 1. The highest BCUT2D eigenvalue weighted by atomic mass is 16.5. The summed E-state index contributed by atoms with van der Waals surface area (Å²) in [7, 11) is 0. The number of aromatic nitrogens is 2. The Hall–Kier alpha value is -3.55. The van der Waals surface area contributed by atoms with Gasteiger partial charge in [0.05, 0.1) is 18.3 Å². The Bertz CT molecular complexity index is 1590. The second-order valence-corrected chi connectivity index (χ2v) is 14.7. The first-order valence-corrected chi connectivity index (χ1v) is 18.1. The van der Waals surface area contributed by atoms with E-state index in [2.05, 4.69) is 28.7 Å². The Balaban J connectivity index is 1.20. The third kappa shape index (κ3) is 8.10. The number of aromatic hydroxyl groups is 1. The van der Waals surface area contributed by atoms with Gasteiger partial charge < -0.3 is 41.0 Å². The number of anilines is 1. The van der Waals surface area contributed by atoms with E-state index in [0.717, 1.165) is 55.3 Å². The van der Waals surface area contributed by atoms with Crippen LogP contribution in [-0.2, 0) is 12.8 Å². The van der Waals surface area contributed by atoms with Crippen LogP contribution in [0.3, 0.4) is 0 Å². The Labute approximate surface area is 290 Å². The van der Waals surface area contributed by atoms with Gasteiger partial charge in [-0.15, -0.1) is 5.92 Å². The molecule has 0 amide bonds. The molecule has 0 spiro atoms. The van der Waals surface area contributed by atoms with Crippen molar-refractivity contribution in [2.45, 2.75) is 120 Å². The van der Waals surface area contributed by atoms with Crippen molar-refractivity contribution in [1.82, 2.24) is 9.97 Å². The third-order valence-electron chi connectivity index (χ3n) is 11.8. The molecule has 9 heteroatoms. The van der Waals surface area contributed by atoms with Crippen molar-refractivity contribution in [2.75, 3.05) is 5.73 Å². The molecular weight excluding hydrogens is 618 g/mol. The van der Waals surface area contributed by atoms with Crippen molar-refractivity contribution in [3.05, 3.63) is 71.7 Å². The number of rotatable bonds is 11. The molecule has 0 radical (unpaired) electrons. The van der Waals surface area contributed by atoms with Crippen molar-refractivity contribution in [3.63, 3.8) is 0 Å². The summed E-state index contributed by atoms with van der Waals surface area (Å²) < 4.78 is 6.48. The summed E-state index contributed by atoms with van der Waals surface area (Å²) >= 11 is 0. The molecule has 7 N–H and O–H groups in total. The monoisotopic (exact) mass is 670 g/mol. The summed E-state index contributed by atoms with van der Waals surface area (Å²) in [6.45, 7) is 2.21. The van der Waals surface area contributed by atoms with Gasteiger partial charge in [0.25, 0.3) is 0 Å². The number of nitrogens with zero attached hydrogens (tertiary/aromatic N) is 2. The Kier molecular flexibility index (Phi) is 11.2. The van der Waals surface area contributed by atoms with Crippen molar-refractivity contribution in [2.24, 2.45) is 23.2 Å². The van der Waals surface area contributed by atoms with E-state index in [4.69, 9.17) is 10.5 Å². The van der Waals surface area contributed by atoms with Crippen LogP contribution in [0.2, 0.25) is 0 Å². The van der Waals surface area contributed by atoms with Gasteiger partial charge in [0.2, 0.25) is 0 Å². The summed E-state index contributed by atoms with van der Waals surface area (Å²) in [6.07, 6.45) is 8.10. The summed E-state index contributed by atoms with van der Waals surface area (Å²) in [4.78, 5) is 8.66. The van der Waals surface area contributed by atoms with Gasteiger partial charge in [0.15, 0.2) is 11.5 Å². The zero-order chi connectivity index (χ0) is 34.5. The lowest BCUT2D eigenvalue weighted by Gasteiger charge is -2.42. The standard InChI is InChI=1S/C40H52N3O6/c1-2-40-17-3-6-26(15-19-40)37(47)30(8-4-18-40)32(44)12-9-25-10-13-33(45)35(22-25)49-39-29(11-14-34(46)38(39)48)31(24-28-7-5-20-42-28)27-16-21-43-36(41)23-27/h5,7,10,13,16,20-23,26,29-32,34,37-39,44-48H,2-3,6,8-9,11-12,14-15,17,19,24H2,1H3,(H2,41,43)/q-1. The van der Waals surface area contributed by atoms with Crippen LogP contribution >= 0.6 is 0 Å². The highest BCUT2D eigenvalue weighted by molar-refractivity contribution is 5.42. The lowest BCUT2D eigenvalue weighted by atomic mass is 9.71. The maximum atomic E-state index is 11.5. The van der Waals surface area contributed by atoms with Gasteiger partial charge in [-0.2, -0.15) is 11.9 Å². The van der Waals surface area contributed by atoms with Crippen molar-refractivity contribution < 1.29 is 30.3 Å². The number of nitrogen functional groups attached to an aromatic ring is 1. The normalized spacial score (nSPS) is 31.3. The maximum absolute atomic E-state index is 11.5. The van der Waals surface area contributed by atoms with Crippen LogP contribution in [0.1, 0.15) is 93.9 Å². The number of nitrogens with two attached hydrogens (primary N) is 1. The number of phenolic OH excluding ortho intramolecular Hbond substituents is 1. The molecular formula is C40H52N3O6-. The molecule has 2 saturated carbocycles. The maximum Gasteiger partial charge on any atom is 0.161 e. The van der Waals surface area contributed by atoms with E-state index in [9.17, 15) is 25.5 Å². The Morgan fingerprint density at radius 2 is 1.90 bits per heavy atom. The quantitative estimate of drug-likeness (QED) is 0.156. The smallest absolute Gasteiger partial charge is 0.161 e. The number of pyridine rings is 1. The SMILES string of the molecule is CCC12C#CCC(C(O)CCc3ccc(O)c(OC4C(O)C(O)CCC4C(Cc4ccc[n-]4)c4ccnc(N)c4)c3)C(O)C(CCC1)CC2. The van der Waals surface area contributed by atoms with Gasteiger partial charge in [-0.3, -0.25) is 0 Å². The topological polar surface area (TPSA) is 163 Å². The van der Waals surface area contributed by atoms with Crippen LogP contribution in [0, 0.1) is 35.0 Å². The van der Waals surface area contributed by atoms with Gasteiger partial charge >= 0.3 is 0 Å². The number of ether oxygens (including phenoxy) is 1. The number of hydrogen-bond acceptors (Lipinski definition) is 8. The molecule has 3 aromatic rings. The first kappa shape index (κ1) is 35.3. The van der Waals surface area contributed by atoms with E-state index in [1.165, 1.54) is 0 Å². The minimum atomic E-state index is -1.19. The first-order chi connectivity index (χ1) is 23.7. The molecule has 2 heterocycles. The number of aliphatic hydroxyl groups excluding tert-OH is 4. The van der Waals surface area contributed by atoms with Crippen LogP contribution < -0.4 is 15.5 Å². The largest absolute Gasteiger partial charge is 0.668 e. The zero-order valence-electron chi connectivity index (χ0n) is 28.5. The second kappa shape index (κ2) is 15.6. The molecule has 2 fully saturated rings. The average Bonchev–Trinajstić information content (AvgIpc) is 3.55. The van der Waals surface area contributed by atoms with E-state index in [-0.39, 0.29) is 40.6 Å². The molecule has 10 unspecified atom stereocenters. The molecule has 264 valence electrons. The fraction of sp³-hybridized carbons (Fsp3) is 0.575. The van der Waals surface area contributed by atoms with Crippen LogP contribution in [0.4, 0.5) is 5.82 Å². The molecule has 6 rings (SSSR count). The van der Waals surface area contributed by atoms with E-state index in [0.29, 0.717) is 44.3 Å². The van der Waals surface area contributed by atoms with Gasteiger partial charge in [-0.05, 0) is 111 Å². The molecule has 10 atom stereocenters. The van der Waals surface area contributed by atoms with E-state index in [1.54, 1.807) is 30.6 Å². The average molecular weight is 671 g/mol. The molecule has 3 aliphatic rings. The molecule has 2 aromatic heterocycles. The van der Waals surface area contributed by atoms with E-state index < -0.39 is 30.5 Å². The number of phenols is 1.